The Kier molecular flexibility index (Phi) is 3.23. The van der Waals surface area contributed by atoms with Crippen LogP contribution in [0, 0.1) is 0 Å². The summed E-state index contributed by atoms with van der Waals surface area (Å²) in [5.41, 5.74) is 8.34. The molecule has 0 saturated carbocycles. The molecule has 0 unspecified atom stereocenters. The lowest BCUT2D eigenvalue weighted by molar-refractivity contribution is 0.102. The highest BCUT2D eigenvalue weighted by molar-refractivity contribution is 6.06. The number of nitrogens with two attached hydrogens (primary N) is 1. The van der Waals surface area contributed by atoms with E-state index in [1.54, 1.807) is 18.2 Å². The molecule has 0 atom stereocenters. The van der Waals surface area contributed by atoms with Crippen LogP contribution >= 0.6 is 0 Å². The fraction of sp³-hybridized carbons (Fsp3) is 0.0625. The van der Waals surface area contributed by atoms with Crippen molar-refractivity contribution in [1.82, 2.24) is 4.98 Å². The van der Waals surface area contributed by atoms with Gasteiger partial charge in [0.05, 0.1) is 12.8 Å². The van der Waals surface area contributed by atoms with Crippen LogP contribution in [0.4, 0.5) is 11.4 Å². The Labute approximate surface area is 121 Å². The van der Waals surface area contributed by atoms with E-state index >= 15 is 0 Å². The molecule has 0 saturated heterocycles. The lowest BCUT2D eigenvalue weighted by Crippen LogP contribution is -2.12. The first kappa shape index (κ1) is 13.1. The molecule has 5 heteroatoms. The molecule has 0 aliphatic heterocycles. The number of amides is 1. The molecular formula is C16H15N3O2. The van der Waals surface area contributed by atoms with Crippen LogP contribution in [-0.4, -0.2) is 18.0 Å². The van der Waals surface area contributed by atoms with Crippen molar-refractivity contribution >= 4 is 28.2 Å². The van der Waals surface area contributed by atoms with Crippen LogP contribution in [0.3, 0.4) is 0 Å². The average molecular weight is 281 g/mol. The van der Waals surface area contributed by atoms with Gasteiger partial charge < -0.3 is 20.8 Å². The summed E-state index contributed by atoms with van der Waals surface area (Å²) in [5, 5.41) is 3.81. The number of rotatable bonds is 3. The molecule has 0 bridgehead atoms. The minimum Gasteiger partial charge on any atom is -0.495 e. The predicted molar refractivity (Wildman–Crippen MR) is 83.7 cm³/mol. The Morgan fingerprint density at radius 2 is 2.00 bits per heavy atom. The molecule has 21 heavy (non-hydrogen) atoms. The second-order valence-corrected chi connectivity index (χ2v) is 4.68. The molecule has 1 aromatic heterocycles. The van der Waals surface area contributed by atoms with Crippen LogP contribution < -0.4 is 15.8 Å². The second-order valence-electron chi connectivity index (χ2n) is 4.68. The third kappa shape index (κ3) is 2.53. The van der Waals surface area contributed by atoms with Crippen LogP contribution in [-0.2, 0) is 0 Å². The quantitative estimate of drug-likeness (QED) is 0.645. The standard InChI is InChI=1S/C16H15N3O2/c1-21-15-9-11(6-7-12(15)17)18-16(20)14-8-10-4-2-3-5-13(10)19-14/h2-9,19H,17H2,1H3,(H,18,20). The van der Waals surface area contributed by atoms with Crippen LogP contribution in [0.25, 0.3) is 10.9 Å². The molecule has 0 aliphatic rings. The van der Waals surface area contributed by atoms with Gasteiger partial charge in [0.1, 0.15) is 11.4 Å². The number of nitrogen functional groups attached to an aromatic ring is 1. The number of para-hydroxylation sites is 1. The van der Waals surface area contributed by atoms with Crippen molar-refractivity contribution in [3.63, 3.8) is 0 Å². The van der Waals surface area contributed by atoms with Crippen LogP contribution in [0.1, 0.15) is 10.5 Å². The summed E-state index contributed by atoms with van der Waals surface area (Å²) in [6, 6.07) is 14.7. The summed E-state index contributed by atoms with van der Waals surface area (Å²) >= 11 is 0. The smallest absolute Gasteiger partial charge is 0.272 e. The van der Waals surface area contributed by atoms with Crippen molar-refractivity contribution in [3.8, 4) is 5.75 Å². The minimum absolute atomic E-state index is 0.210. The maximum atomic E-state index is 12.3. The molecule has 0 aliphatic carbocycles. The van der Waals surface area contributed by atoms with Gasteiger partial charge in [-0.1, -0.05) is 18.2 Å². The van der Waals surface area contributed by atoms with Gasteiger partial charge in [-0.2, -0.15) is 0 Å². The van der Waals surface area contributed by atoms with Crippen LogP contribution in [0.5, 0.6) is 5.75 Å². The van der Waals surface area contributed by atoms with Crippen molar-refractivity contribution in [2.24, 2.45) is 0 Å². The van der Waals surface area contributed by atoms with E-state index in [1.165, 1.54) is 7.11 Å². The highest BCUT2D eigenvalue weighted by Gasteiger charge is 2.10. The number of H-pyrrole nitrogens is 1. The third-order valence-electron chi connectivity index (χ3n) is 3.27. The Morgan fingerprint density at radius 3 is 2.76 bits per heavy atom. The zero-order chi connectivity index (χ0) is 14.8. The number of aromatic nitrogens is 1. The van der Waals surface area contributed by atoms with Gasteiger partial charge in [0, 0.05) is 22.7 Å². The lowest BCUT2D eigenvalue weighted by atomic mass is 10.2. The van der Waals surface area contributed by atoms with Gasteiger partial charge in [-0.25, -0.2) is 0 Å². The zero-order valence-electron chi connectivity index (χ0n) is 11.5. The Morgan fingerprint density at radius 1 is 1.19 bits per heavy atom. The number of anilines is 2. The Hall–Kier alpha value is -2.95. The van der Waals surface area contributed by atoms with Crippen molar-refractivity contribution < 1.29 is 9.53 Å². The number of hydrogen-bond donors (Lipinski definition) is 3. The van der Waals surface area contributed by atoms with Crippen LogP contribution in [0.2, 0.25) is 0 Å². The Balaban J connectivity index is 1.85. The molecule has 1 heterocycles. The largest absolute Gasteiger partial charge is 0.495 e. The lowest BCUT2D eigenvalue weighted by Gasteiger charge is -2.08. The molecule has 0 spiro atoms. The highest BCUT2D eigenvalue weighted by Crippen LogP contribution is 2.25. The predicted octanol–water partition coefficient (Wildman–Crippen LogP) is 3.01. The molecule has 0 fully saturated rings. The number of aromatic amines is 1. The second kappa shape index (κ2) is 5.20. The molecule has 2 aromatic carbocycles. The number of carbonyl (C=O) groups is 1. The highest BCUT2D eigenvalue weighted by atomic mass is 16.5. The molecule has 5 nitrogen and oxygen atoms in total. The van der Waals surface area contributed by atoms with Gasteiger partial charge >= 0.3 is 0 Å². The number of nitrogens with one attached hydrogen (secondary N) is 2. The number of ether oxygens (including phenoxy) is 1. The fourth-order valence-electron chi connectivity index (χ4n) is 2.18. The topological polar surface area (TPSA) is 80.1 Å². The van der Waals surface area contributed by atoms with Crippen molar-refractivity contribution in [2.75, 3.05) is 18.2 Å². The first-order valence-electron chi connectivity index (χ1n) is 6.50. The normalized spacial score (nSPS) is 10.5. The summed E-state index contributed by atoms with van der Waals surface area (Å²) in [6.07, 6.45) is 0. The summed E-state index contributed by atoms with van der Waals surface area (Å²) < 4.78 is 5.14. The van der Waals surface area contributed by atoms with E-state index in [0.717, 1.165) is 10.9 Å². The molecule has 0 radical (unpaired) electrons. The molecule has 3 rings (SSSR count). The van der Waals surface area contributed by atoms with E-state index in [2.05, 4.69) is 10.3 Å². The van der Waals surface area contributed by atoms with E-state index in [1.807, 2.05) is 30.3 Å². The maximum Gasteiger partial charge on any atom is 0.272 e. The monoisotopic (exact) mass is 281 g/mol. The van der Waals surface area contributed by atoms with E-state index < -0.39 is 0 Å². The van der Waals surface area contributed by atoms with Gasteiger partial charge in [0.2, 0.25) is 0 Å². The molecule has 106 valence electrons. The molecule has 3 aromatic rings. The SMILES string of the molecule is COc1cc(NC(=O)c2cc3ccccc3[nH]2)ccc1N. The van der Waals surface area contributed by atoms with Gasteiger partial charge in [-0.15, -0.1) is 0 Å². The van der Waals surface area contributed by atoms with E-state index in [0.29, 0.717) is 22.8 Å². The Bertz CT molecular complexity index is 775. The van der Waals surface area contributed by atoms with Gasteiger partial charge in [0.25, 0.3) is 5.91 Å². The van der Waals surface area contributed by atoms with Crippen molar-refractivity contribution in [1.29, 1.82) is 0 Å². The summed E-state index contributed by atoms with van der Waals surface area (Å²) in [5.74, 6) is 0.322. The van der Waals surface area contributed by atoms with E-state index in [4.69, 9.17) is 10.5 Å². The fourth-order valence-corrected chi connectivity index (χ4v) is 2.18. The first-order valence-corrected chi connectivity index (χ1v) is 6.50. The molecular weight excluding hydrogens is 266 g/mol. The van der Waals surface area contributed by atoms with E-state index in [9.17, 15) is 4.79 Å². The third-order valence-corrected chi connectivity index (χ3v) is 3.27. The first-order chi connectivity index (χ1) is 10.2. The minimum atomic E-state index is -0.210. The van der Waals surface area contributed by atoms with Crippen molar-refractivity contribution in [2.45, 2.75) is 0 Å². The van der Waals surface area contributed by atoms with Gasteiger partial charge in [-0.05, 0) is 24.3 Å². The summed E-state index contributed by atoms with van der Waals surface area (Å²) in [4.78, 5) is 15.3. The molecule has 1 amide bonds. The number of carbonyl (C=O) groups excluding carboxylic acids is 1. The molecule has 4 N–H and O–H groups in total. The summed E-state index contributed by atoms with van der Waals surface area (Å²) in [6.45, 7) is 0. The maximum absolute atomic E-state index is 12.3. The van der Waals surface area contributed by atoms with Crippen LogP contribution in [0.15, 0.2) is 48.5 Å². The number of benzene rings is 2. The van der Waals surface area contributed by atoms with Crippen molar-refractivity contribution in [3.05, 3.63) is 54.2 Å². The number of methoxy groups -OCH3 is 1. The van der Waals surface area contributed by atoms with Gasteiger partial charge in [-0.3, -0.25) is 4.79 Å². The van der Waals surface area contributed by atoms with E-state index in [-0.39, 0.29) is 5.91 Å². The average Bonchev–Trinajstić information content (AvgIpc) is 2.93. The summed E-state index contributed by atoms with van der Waals surface area (Å²) in [7, 11) is 1.54. The number of fused-ring (bicyclic) bond motifs is 1. The van der Waals surface area contributed by atoms with Gasteiger partial charge in [0.15, 0.2) is 0 Å². The number of hydrogen-bond acceptors (Lipinski definition) is 3. The zero-order valence-corrected chi connectivity index (χ0v) is 11.5.